The molecule has 0 aliphatic heterocycles. The molecule has 0 radical (unpaired) electrons. The molecule has 1 heterocycles. The molecular weight excluding hydrogens is 208 g/mol. The second-order valence-corrected chi connectivity index (χ2v) is 3.25. The Kier molecular flexibility index (Phi) is 3.00. The molecule has 0 bridgehead atoms. The summed E-state index contributed by atoms with van der Waals surface area (Å²) in [5, 5.41) is 13.4. The molecule has 0 spiro atoms. The van der Waals surface area contributed by atoms with Crippen molar-refractivity contribution in [1.29, 1.82) is 0 Å². The number of H-pyrrole nitrogens is 1. The van der Waals surface area contributed by atoms with E-state index in [1.807, 2.05) is 25.1 Å². The van der Waals surface area contributed by atoms with E-state index >= 15 is 0 Å². The normalized spacial score (nSPS) is 10.1. The molecule has 0 aliphatic carbocycles. The van der Waals surface area contributed by atoms with Gasteiger partial charge in [0, 0.05) is 0 Å². The van der Waals surface area contributed by atoms with Crippen molar-refractivity contribution in [3.8, 4) is 11.5 Å². The molecule has 6 nitrogen and oxygen atoms in total. The van der Waals surface area contributed by atoms with Crippen LogP contribution in [0.15, 0.2) is 18.2 Å². The maximum atomic E-state index is 5.54. The first-order chi connectivity index (χ1) is 7.79. The summed E-state index contributed by atoms with van der Waals surface area (Å²) in [5.74, 6) is 2.12. The Bertz CT molecular complexity index is 456. The van der Waals surface area contributed by atoms with E-state index in [2.05, 4.69) is 20.6 Å². The van der Waals surface area contributed by atoms with Gasteiger partial charge in [0.1, 0.15) is 11.5 Å². The summed E-state index contributed by atoms with van der Waals surface area (Å²) in [5.41, 5.74) is 1.00. The fourth-order valence-electron chi connectivity index (χ4n) is 1.30. The monoisotopic (exact) mass is 220 g/mol. The van der Waals surface area contributed by atoms with Gasteiger partial charge in [-0.3, -0.25) is 0 Å². The highest BCUT2D eigenvalue weighted by atomic mass is 16.5. The van der Waals surface area contributed by atoms with E-state index in [4.69, 9.17) is 9.47 Å². The van der Waals surface area contributed by atoms with Gasteiger partial charge in [0.2, 0.25) is 5.82 Å². The second-order valence-electron chi connectivity index (χ2n) is 3.25. The van der Waals surface area contributed by atoms with Crippen LogP contribution in [-0.2, 0) is 6.61 Å². The molecule has 2 aromatic rings. The highest BCUT2D eigenvalue weighted by molar-refractivity contribution is 5.39. The zero-order valence-electron chi connectivity index (χ0n) is 9.10. The van der Waals surface area contributed by atoms with Crippen LogP contribution >= 0.6 is 0 Å². The van der Waals surface area contributed by atoms with Gasteiger partial charge < -0.3 is 9.47 Å². The Morgan fingerprint density at radius 2 is 2.25 bits per heavy atom. The minimum atomic E-state index is 0.295. The van der Waals surface area contributed by atoms with E-state index < -0.39 is 0 Å². The number of rotatable bonds is 4. The minimum absolute atomic E-state index is 0.295. The number of nitrogens with zero attached hydrogens (tertiary/aromatic N) is 3. The third kappa shape index (κ3) is 2.28. The Morgan fingerprint density at radius 1 is 1.38 bits per heavy atom. The molecule has 1 aromatic heterocycles. The van der Waals surface area contributed by atoms with E-state index in [0.717, 1.165) is 17.1 Å². The summed E-state index contributed by atoms with van der Waals surface area (Å²) in [4.78, 5) is 0. The Hall–Kier alpha value is -2.11. The van der Waals surface area contributed by atoms with Crippen molar-refractivity contribution in [1.82, 2.24) is 20.6 Å². The molecule has 0 amide bonds. The molecule has 0 unspecified atom stereocenters. The topological polar surface area (TPSA) is 72.9 Å². The molecule has 2 rings (SSSR count). The number of aromatic amines is 1. The number of aryl methyl sites for hydroxylation is 1. The maximum absolute atomic E-state index is 5.54. The smallest absolute Gasteiger partial charge is 0.211 e. The van der Waals surface area contributed by atoms with Crippen molar-refractivity contribution >= 4 is 0 Å². The lowest BCUT2D eigenvalue weighted by Crippen LogP contribution is -1.99. The molecule has 1 N–H and O–H groups in total. The highest BCUT2D eigenvalue weighted by Crippen LogP contribution is 2.23. The third-order valence-electron chi connectivity index (χ3n) is 2.13. The third-order valence-corrected chi connectivity index (χ3v) is 2.13. The zero-order valence-corrected chi connectivity index (χ0v) is 9.10. The zero-order chi connectivity index (χ0) is 11.4. The molecule has 0 atom stereocenters. The highest BCUT2D eigenvalue weighted by Gasteiger charge is 2.03. The van der Waals surface area contributed by atoms with Crippen LogP contribution in [0.4, 0.5) is 0 Å². The summed E-state index contributed by atoms with van der Waals surface area (Å²) >= 11 is 0. The van der Waals surface area contributed by atoms with Crippen molar-refractivity contribution in [3.05, 3.63) is 29.6 Å². The first kappa shape index (κ1) is 10.4. The summed E-state index contributed by atoms with van der Waals surface area (Å²) in [6.07, 6.45) is 0. The van der Waals surface area contributed by atoms with E-state index in [-0.39, 0.29) is 0 Å². The van der Waals surface area contributed by atoms with E-state index in [1.54, 1.807) is 7.11 Å². The van der Waals surface area contributed by atoms with Gasteiger partial charge in [-0.1, -0.05) is 5.21 Å². The summed E-state index contributed by atoms with van der Waals surface area (Å²) in [6, 6.07) is 5.61. The Balaban J connectivity index is 2.04. The van der Waals surface area contributed by atoms with Crippen molar-refractivity contribution in [2.75, 3.05) is 7.11 Å². The van der Waals surface area contributed by atoms with E-state index in [0.29, 0.717) is 12.4 Å². The Morgan fingerprint density at radius 3 is 2.88 bits per heavy atom. The van der Waals surface area contributed by atoms with Crippen LogP contribution in [0.5, 0.6) is 11.5 Å². The SMILES string of the molecule is COc1ccc(OCc2nn[nH]n2)c(C)c1. The molecule has 1 aromatic carbocycles. The predicted molar refractivity (Wildman–Crippen MR) is 56.2 cm³/mol. The lowest BCUT2D eigenvalue weighted by molar-refractivity contribution is 0.293. The van der Waals surface area contributed by atoms with Crippen molar-refractivity contribution in [2.24, 2.45) is 0 Å². The number of aromatic nitrogens is 4. The van der Waals surface area contributed by atoms with E-state index in [1.165, 1.54) is 0 Å². The number of ether oxygens (including phenoxy) is 2. The van der Waals surface area contributed by atoms with Crippen LogP contribution < -0.4 is 9.47 Å². The quantitative estimate of drug-likeness (QED) is 0.835. The van der Waals surface area contributed by atoms with Gasteiger partial charge in [-0.2, -0.15) is 5.21 Å². The lowest BCUT2D eigenvalue weighted by Gasteiger charge is -2.08. The number of benzene rings is 1. The first-order valence-electron chi connectivity index (χ1n) is 4.79. The van der Waals surface area contributed by atoms with Gasteiger partial charge in [0.05, 0.1) is 7.11 Å². The summed E-state index contributed by atoms with van der Waals surface area (Å²) < 4.78 is 10.6. The van der Waals surface area contributed by atoms with Gasteiger partial charge in [0.15, 0.2) is 6.61 Å². The number of methoxy groups -OCH3 is 1. The van der Waals surface area contributed by atoms with Crippen molar-refractivity contribution in [3.63, 3.8) is 0 Å². The van der Waals surface area contributed by atoms with Crippen LogP contribution in [0.2, 0.25) is 0 Å². The molecule has 6 heteroatoms. The number of hydrogen-bond donors (Lipinski definition) is 1. The van der Waals surface area contributed by atoms with Crippen LogP contribution in [0, 0.1) is 6.92 Å². The summed E-state index contributed by atoms with van der Waals surface area (Å²) in [6.45, 7) is 2.25. The Labute approximate surface area is 92.6 Å². The van der Waals surface area contributed by atoms with Gasteiger partial charge in [0.25, 0.3) is 0 Å². The van der Waals surface area contributed by atoms with Crippen LogP contribution in [0.3, 0.4) is 0 Å². The fraction of sp³-hybridized carbons (Fsp3) is 0.300. The molecule has 0 saturated carbocycles. The first-order valence-corrected chi connectivity index (χ1v) is 4.79. The van der Waals surface area contributed by atoms with Crippen LogP contribution in [-0.4, -0.2) is 27.7 Å². The number of tetrazole rings is 1. The summed E-state index contributed by atoms with van der Waals surface area (Å²) in [7, 11) is 1.63. The fourth-order valence-corrected chi connectivity index (χ4v) is 1.30. The molecule has 0 aliphatic rings. The molecular formula is C10H12N4O2. The minimum Gasteiger partial charge on any atom is -0.497 e. The van der Waals surface area contributed by atoms with Crippen LogP contribution in [0.25, 0.3) is 0 Å². The van der Waals surface area contributed by atoms with Crippen molar-refractivity contribution in [2.45, 2.75) is 13.5 Å². The number of hydrogen-bond acceptors (Lipinski definition) is 5. The maximum Gasteiger partial charge on any atom is 0.211 e. The molecule has 0 saturated heterocycles. The van der Waals surface area contributed by atoms with Gasteiger partial charge >= 0.3 is 0 Å². The average molecular weight is 220 g/mol. The lowest BCUT2D eigenvalue weighted by atomic mass is 10.2. The van der Waals surface area contributed by atoms with E-state index in [9.17, 15) is 0 Å². The predicted octanol–water partition coefficient (Wildman–Crippen LogP) is 1.10. The largest absolute Gasteiger partial charge is 0.497 e. The van der Waals surface area contributed by atoms with Gasteiger partial charge in [-0.25, -0.2) is 0 Å². The number of nitrogens with one attached hydrogen (secondary N) is 1. The second kappa shape index (κ2) is 4.61. The molecule has 16 heavy (non-hydrogen) atoms. The molecule has 0 fully saturated rings. The van der Waals surface area contributed by atoms with Gasteiger partial charge in [-0.05, 0) is 30.7 Å². The molecule has 84 valence electrons. The average Bonchev–Trinajstić information content (AvgIpc) is 2.80. The van der Waals surface area contributed by atoms with Crippen LogP contribution in [0.1, 0.15) is 11.4 Å². The standard InChI is InChI=1S/C10H12N4O2/c1-7-5-8(15-2)3-4-9(7)16-6-10-11-13-14-12-10/h3-5H,6H2,1-2H3,(H,11,12,13,14). The van der Waals surface area contributed by atoms with Crippen molar-refractivity contribution < 1.29 is 9.47 Å². The van der Waals surface area contributed by atoms with Gasteiger partial charge in [-0.15, -0.1) is 10.2 Å².